The topological polar surface area (TPSA) is 40.5 Å². The standard InChI is InChI=1S/C17H12O2/c18-15-6-2-5-13-12(15)7-8-14-11-4-1-3-10(11)9-16(19)17(13)14/h1-4,6-9,18-19H,5H2. The predicted octanol–water partition coefficient (Wildman–Crippen LogP) is 2.13. The van der Waals surface area contributed by atoms with Crippen LogP contribution < -0.4 is 10.4 Å². The molecule has 0 spiro atoms. The first-order valence-corrected chi connectivity index (χ1v) is 6.31. The Bertz CT molecular complexity index is 899. The van der Waals surface area contributed by atoms with Crippen LogP contribution in [0.5, 0.6) is 5.75 Å². The second-order valence-corrected chi connectivity index (χ2v) is 4.93. The van der Waals surface area contributed by atoms with Crippen LogP contribution >= 0.6 is 0 Å². The molecule has 0 atom stereocenters. The van der Waals surface area contributed by atoms with Crippen molar-refractivity contribution in [2.75, 3.05) is 0 Å². The van der Waals surface area contributed by atoms with Crippen molar-refractivity contribution in [1.29, 1.82) is 0 Å². The monoisotopic (exact) mass is 248 g/mol. The zero-order valence-corrected chi connectivity index (χ0v) is 10.2. The highest BCUT2D eigenvalue weighted by Crippen LogP contribution is 2.30. The highest BCUT2D eigenvalue weighted by atomic mass is 16.3. The Morgan fingerprint density at radius 2 is 1.95 bits per heavy atom. The molecule has 0 unspecified atom stereocenters. The van der Waals surface area contributed by atoms with Crippen molar-refractivity contribution < 1.29 is 10.2 Å². The van der Waals surface area contributed by atoms with Crippen molar-refractivity contribution in [3.8, 4) is 5.75 Å². The van der Waals surface area contributed by atoms with Crippen molar-refractivity contribution in [2.24, 2.45) is 0 Å². The van der Waals surface area contributed by atoms with Crippen molar-refractivity contribution in [3.63, 3.8) is 0 Å². The van der Waals surface area contributed by atoms with Gasteiger partial charge in [-0.2, -0.15) is 0 Å². The van der Waals surface area contributed by atoms with Gasteiger partial charge in [0.15, 0.2) is 0 Å². The summed E-state index contributed by atoms with van der Waals surface area (Å²) in [6.07, 6.45) is 10.4. The summed E-state index contributed by atoms with van der Waals surface area (Å²) >= 11 is 0. The molecular formula is C17H12O2. The minimum atomic E-state index is 0.269. The van der Waals surface area contributed by atoms with Crippen LogP contribution in [0.3, 0.4) is 0 Å². The number of aromatic hydroxyl groups is 1. The molecule has 2 aliphatic carbocycles. The third-order valence-corrected chi connectivity index (χ3v) is 3.87. The summed E-state index contributed by atoms with van der Waals surface area (Å²) < 4.78 is 0. The lowest BCUT2D eigenvalue weighted by Gasteiger charge is -2.13. The molecule has 0 saturated heterocycles. The summed E-state index contributed by atoms with van der Waals surface area (Å²) in [6.45, 7) is 0. The molecule has 2 aromatic rings. The van der Waals surface area contributed by atoms with Crippen LogP contribution in [0.15, 0.2) is 36.4 Å². The van der Waals surface area contributed by atoms with Gasteiger partial charge in [0.25, 0.3) is 0 Å². The van der Waals surface area contributed by atoms with Gasteiger partial charge in [0.2, 0.25) is 0 Å². The number of hydrogen-bond donors (Lipinski definition) is 2. The van der Waals surface area contributed by atoms with Gasteiger partial charge in [-0.25, -0.2) is 0 Å². The lowest BCUT2D eigenvalue weighted by atomic mass is 9.93. The van der Waals surface area contributed by atoms with Crippen LogP contribution in [0, 0.1) is 0 Å². The Labute approximate surface area is 109 Å². The maximum absolute atomic E-state index is 10.3. The number of allylic oxidation sites excluding steroid dienone is 2. The van der Waals surface area contributed by atoms with Crippen molar-refractivity contribution in [2.45, 2.75) is 6.42 Å². The average molecular weight is 248 g/mol. The molecule has 92 valence electrons. The van der Waals surface area contributed by atoms with E-state index in [0.717, 1.165) is 38.8 Å². The number of aliphatic hydroxyl groups is 1. The maximum atomic E-state index is 10.3. The fourth-order valence-electron chi connectivity index (χ4n) is 3.02. The van der Waals surface area contributed by atoms with Crippen LogP contribution in [0.25, 0.3) is 28.7 Å². The molecule has 0 saturated carbocycles. The van der Waals surface area contributed by atoms with Gasteiger partial charge in [0.1, 0.15) is 11.5 Å². The van der Waals surface area contributed by atoms with Gasteiger partial charge >= 0.3 is 0 Å². The molecule has 2 nitrogen and oxygen atoms in total. The molecule has 2 aromatic carbocycles. The highest BCUT2D eigenvalue weighted by Gasteiger charge is 2.14. The number of benzene rings is 2. The summed E-state index contributed by atoms with van der Waals surface area (Å²) in [5.41, 5.74) is 2.14. The minimum absolute atomic E-state index is 0.269. The zero-order valence-electron chi connectivity index (χ0n) is 10.2. The largest absolute Gasteiger partial charge is 0.507 e. The van der Waals surface area contributed by atoms with Gasteiger partial charge in [-0.15, -0.1) is 0 Å². The predicted molar refractivity (Wildman–Crippen MR) is 77.2 cm³/mol. The van der Waals surface area contributed by atoms with Crippen LogP contribution in [-0.4, -0.2) is 10.2 Å². The van der Waals surface area contributed by atoms with E-state index in [9.17, 15) is 10.2 Å². The molecule has 2 aliphatic rings. The second kappa shape index (κ2) is 3.51. The lowest BCUT2D eigenvalue weighted by molar-refractivity contribution is 0.480. The Hall–Kier alpha value is -2.48. The smallest absolute Gasteiger partial charge is 0.124 e. The molecule has 0 bridgehead atoms. The van der Waals surface area contributed by atoms with E-state index < -0.39 is 0 Å². The molecule has 0 aromatic heterocycles. The van der Waals surface area contributed by atoms with Crippen molar-refractivity contribution >= 4 is 28.7 Å². The summed E-state index contributed by atoms with van der Waals surface area (Å²) in [6, 6.07) is 5.71. The molecule has 2 N–H and O–H groups in total. The van der Waals surface area contributed by atoms with E-state index in [1.807, 2.05) is 30.4 Å². The maximum Gasteiger partial charge on any atom is 0.124 e. The number of phenols is 1. The fourth-order valence-corrected chi connectivity index (χ4v) is 3.02. The first-order valence-electron chi connectivity index (χ1n) is 6.31. The van der Waals surface area contributed by atoms with E-state index in [2.05, 4.69) is 6.08 Å². The van der Waals surface area contributed by atoms with Gasteiger partial charge in [0.05, 0.1) is 0 Å². The molecule has 0 amide bonds. The lowest BCUT2D eigenvalue weighted by Crippen LogP contribution is -2.16. The van der Waals surface area contributed by atoms with E-state index in [1.54, 1.807) is 12.1 Å². The summed E-state index contributed by atoms with van der Waals surface area (Å²) in [7, 11) is 0. The zero-order chi connectivity index (χ0) is 13.0. The Morgan fingerprint density at radius 1 is 1.05 bits per heavy atom. The SMILES string of the molecule is OC1=c2ccc3c4c(cc(O)c3c2CC=C1)=CC=C4. The van der Waals surface area contributed by atoms with Gasteiger partial charge in [0, 0.05) is 10.6 Å². The van der Waals surface area contributed by atoms with E-state index in [0.29, 0.717) is 0 Å². The first-order chi connectivity index (χ1) is 9.25. The van der Waals surface area contributed by atoms with E-state index >= 15 is 0 Å². The quantitative estimate of drug-likeness (QED) is 0.750. The molecular weight excluding hydrogens is 236 g/mol. The van der Waals surface area contributed by atoms with E-state index in [4.69, 9.17) is 0 Å². The van der Waals surface area contributed by atoms with Gasteiger partial charge in [-0.1, -0.05) is 36.4 Å². The fraction of sp³-hybridized carbons (Fsp3) is 0.0588. The molecule has 0 aliphatic heterocycles. The van der Waals surface area contributed by atoms with Gasteiger partial charge < -0.3 is 10.2 Å². The Kier molecular flexibility index (Phi) is 1.93. The second-order valence-electron chi connectivity index (χ2n) is 4.93. The first kappa shape index (κ1) is 10.4. The highest BCUT2D eigenvalue weighted by molar-refractivity contribution is 5.99. The normalized spacial score (nSPS) is 15.5. The third kappa shape index (κ3) is 1.31. The van der Waals surface area contributed by atoms with Crippen LogP contribution in [-0.2, 0) is 6.42 Å². The summed E-state index contributed by atoms with van der Waals surface area (Å²) in [5.74, 6) is 0.554. The number of aliphatic hydroxyl groups excluding tert-OH is 1. The van der Waals surface area contributed by atoms with E-state index in [-0.39, 0.29) is 11.5 Å². The Balaban J connectivity index is 2.28. The molecule has 0 fully saturated rings. The van der Waals surface area contributed by atoms with Crippen molar-refractivity contribution in [3.05, 3.63) is 58.0 Å². The molecule has 0 heterocycles. The van der Waals surface area contributed by atoms with Crippen molar-refractivity contribution in [1.82, 2.24) is 0 Å². The van der Waals surface area contributed by atoms with Gasteiger partial charge in [-0.3, -0.25) is 0 Å². The number of rotatable bonds is 0. The van der Waals surface area contributed by atoms with Crippen LogP contribution in [0.1, 0.15) is 11.1 Å². The number of phenolic OH excluding ortho intramolecular Hbond substituents is 1. The summed E-state index contributed by atoms with van der Waals surface area (Å²) in [5, 5.41) is 24.0. The Morgan fingerprint density at radius 3 is 2.84 bits per heavy atom. The van der Waals surface area contributed by atoms with E-state index in [1.165, 1.54) is 0 Å². The van der Waals surface area contributed by atoms with Gasteiger partial charge in [-0.05, 0) is 40.3 Å². The van der Waals surface area contributed by atoms with Crippen LogP contribution in [0.2, 0.25) is 0 Å². The number of hydrogen-bond acceptors (Lipinski definition) is 2. The molecule has 19 heavy (non-hydrogen) atoms. The molecule has 2 heteroatoms. The minimum Gasteiger partial charge on any atom is -0.507 e. The summed E-state index contributed by atoms with van der Waals surface area (Å²) in [4.78, 5) is 0. The van der Waals surface area contributed by atoms with Crippen LogP contribution in [0.4, 0.5) is 0 Å². The molecule has 4 rings (SSSR count). The average Bonchev–Trinajstić information content (AvgIpc) is 2.86. The third-order valence-electron chi connectivity index (χ3n) is 3.87. The number of fused-ring (bicyclic) bond motifs is 5. The molecule has 0 radical (unpaired) electrons.